The Morgan fingerprint density at radius 1 is 0.933 bits per heavy atom. The van der Waals surface area contributed by atoms with E-state index in [4.69, 9.17) is 14.2 Å². The van der Waals surface area contributed by atoms with Gasteiger partial charge in [-0.1, -0.05) is 49.4 Å². The number of hydrogen-bond acceptors (Lipinski definition) is 5. The average Bonchev–Trinajstić information content (AvgIpc) is 3.60. The lowest BCUT2D eigenvalue weighted by Gasteiger charge is -2.33. The van der Waals surface area contributed by atoms with Crippen molar-refractivity contribution in [3.8, 4) is 17.2 Å². The number of amides is 2. The van der Waals surface area contributed by atoms with Crippen LogP contribution in [0.3, 0.4) is 0 Å². The van der Waals surface area contributed by atoms with Crippen molar-refractivity contribution in [1.82, 2.24) is 10.2 Å². The van der Waals surface area contributed by atoms with Gasteiger partial charge in [0.15, 0.2) is 11.5 Å². The predicted octanol–water partition coefficient (Wildman–Crippen LogP) is 6.81. The molecule has 1 unspecified atom stereocenters. The van der Waals surface area contributed by atoms with Gasteiger partial charge in [0.1, 0.15) is 5.75 Å². The monoisotopic (exact) mass is 638 g/mol. The highest BCUT2D eigenvalue weighted by Crippen LogP contribution is 2.50. The summed E-state index contributed by atoms with van der Waals surface area (Å²) in [6.45, 7) is 3.04. The van der Waals surface area contributed by atoms with Crippen LogP contribution in [-0.4, -0.2) is 54.9 Å². The number of unbranched alkanes of at least 4 members (excludes halogenated alkanes) is 1. The summed E-state index contributed by atoms with van der Waals surface area (Å²) >= 11 is 0. The highest BCUT2D eigenvalue weighted by atomic mass is 19.4. The number of aliphatic hydroxyl groups is 1. The van der Waals surface area contributed by atoms with E-state index in [1.54, 1.807) is 35.2 Å². The quantitative estimate of drug-likeness (QED) is 0.178. The van der Waals surface area contributed by atoms with Gasteiger partial charge in [0.25, 0.3) is 5.60 Å². The van der Waals surface area contributed by atoms with Crippen LogP contribution in [-0.2, 0) is 17.6 Å². The first-order valence-corrected chi connectivity index (χ1v) is 14.4. The Morgan fingerprint density at radius 2 is 1.64 bits per heavy atom. The third-order valence-electron chi connectivity index (χ3n) is 8.24. The zero-order chi connectivity index (χ0) is 32.5. The number of alkyl halides is 6. The van der Waals surface area contributed by atoms with Crippen molar-refractivity contribution in [3.05, 3.63) is 89.0 Å². The van der Waals surface area contributed by atoms with Crippen molar-refractivity contribution in [2.45, 2.75) is 56.1 Å². The van der Waals surface area contributed by atoms with E-state index >= 15 is 0 Å². The first-order valence-electron chi connectivity index (χ1n) is 14.4. The number of carbonyl (C=O) groups is 1. The Morgan fingerprint density at radius 3 is 2.33 bits per heavy atom. The molecule has 2 aliphatic rings. The molecule has 0 bridgehead atoms. The van der Waals surface area contributed by atoms with Crippen molar-refractivity contribution in [2.75, 3.05) is 26.5 Å². The molecule has 13 heteroatoms. The molecule has 5 rings (SSSR count). The fourth-order valence-electron chi connectivity index (χ4n) is 5.64. The summed E-state index contributed by atoms with van der Waals surface area (Å²) < 4.78 is 98.1. The smallest absolute Gasteiger partial charge is 0.430 e. The van der Waals surface area contributed by atoms with Crippen LogP contribution < -0.4 is 19.5 Å². The maximum Gasteiger partial charge on any atom is 0.430 e. The van der Waals surface area contributed by atoms with Gasteiger partial charge in [0.05, 0.1) is 12.1 Å². The van der Waals surface area contributed by atoms with Gasteiger partial charge in [-0.3, -0.25) is 0 Å². The van der Waals surface area contributed by atoms with Crippen molar-refractivity contribution in [1.29, 1.82) is 0 Å². The summed E-state index contributed by atoms with van der Waals surface area (Å²) in [4.78, 5) is 14.6. The fourth-order valence-corrected chi connectivity index (χ4v) is 5.64. The molecule has 2 N–H and O–H groups in total. The number of nitrogens with one attached hydrogen (secondary N) is 1. The molecule has 0 saturated carbocycles. The molecule has 0 aliphatic carbocycles. The molecule has 0 spiro atoms. The number of carbonyl (C=O) groups excluding carboxylic acids is 1. The van der Waals surface area contributed by atoms with E-state index in [-0.39, 0.29) is 37.2 Å². The van der Waals surface area contributed by atoms with Gasteiger partial charge in [-0.05, 0) is 60.2 Å². The van der Waals surface area contributed by atoms with Crippen molar-refractivity contribution >= 4 is 6.03 Å². The summed E-state index contributed by atoms with van der Waals surface area (Å²) in [6, 6.07) is 16.1. The van der Waals surface area contributed by atoms with Crippen LogP contribution in [0.4, 0.5) is 31.1 Å². The van der Waals surface area contributed by atoms with E-state index in [2.05, 4.69) is 5.32 Å². The first-order chi connectivity index (χ1) is 21.3. The fraction of sp³-hybridized carbons (Fsp3) is 0.406. The SMILES string of the molecule is CCC1(c2ccc3c(c2)OCO3)CN(CCCCOc2ccc(C(O)(C(F)(F)F)C(F)(F)F)cc2Cc2ccccc2)C(=O)N1. The van der Waals surface area contributed by atoms with Crippen molar-refractivity contribution in [3.63, 3.8) is 0 Å². The maximum absolute atomic E-state index is 13.6. The second-order valence-electron chi connectivity index (χ2n) is 11.1. The molecule has 242 valence electrons. The van der Waals surface area contributed by atoms with Gasteiger partial charge < -0.3 is 29.5 Å². The molecule has 2 aliphatic heterocycles. The van der Waals surface area contributed by atoms with Crippen molar-refractivity contribution in [2.24, 2.45) is 0 Å². The topological polar surface area (TPSA) is 80.3 Å². The molecule has 2 amide bonds. The highest BCUT2D eigenvalue weighted by Gasteiger charge is 2.71. The van der Waals surface area contributed by atoms with Gasteiger partial charge in [-0.15, -0.1) is 0 Å². The van der Waals surface area contributed by atoms with E-state index in [9.17, 15) is 36.2 Å². The number of rotatable bonds is 11. The molecule has 45 heavy (non-hydrogen) atoms. The van der Waals surface area contributed by atoms with Gasteiger partial charge in [-0.25, -0.2) is 4.79 Å². The van der Waals surface area contributed by atoms with Gasteiger partial charge in [-0.2, -0.15) is 26.3 Å². The normalized spacial score (nSPS) is 18.3. The van der Waals surface area contributed by atoms with Gasteiger partial charge in [0.2, 0.25) is 6.79 Å². The second kappa shape index (κ2) is 12.3. The minimum absolute atomic E-state index is 0.0251. The van der Waals surface area contributed by atoms with Crippen LogP contribution in [0.25, 0.3) is 0 Å². The summed E-state index contributed by atoms with van der Waals surface area (Å²) in [5.41, 5.74) is -5.43. The van der Waals surface area contributed by atoms with Crippen LogP contribution in [0.2, 0.25) is 0 Å². The number of hydrogen-bond donors (Lipinski definition) is 2. The molecule has 3 aromatic carbocycles. The number of ether oxygens (including phenoxy) is 3. The van der Waals surface area contributed by atoms with Crippen LogP contribution in [0.5, 0.6) is 17.2 Å². The van der Waals surface area contributed by atoms with Crippen LogP contribution in [0, 0.1) is 0 Å². The lowest BCUT2D eigenvalue weighted by molar-refractivity contribution is -0.376. The van der Waals surface area contributed by atoms with Gasteiger partial charge >= 0.3 is 18.4 Å². The molecule has 7 nitrogen and oxygen atoms in total. The Kier molecular flexibility index (Phi) is 8.85. The first kappa shape index (κ1) is 32.3. The second-order valence-corrected chi connectivity index (χ2v) is 11.1. The molecule has 1 fully saturated rings. The van der Waals surface area contributed by atoms with E-state index in [0.717, 1.165) is 11.6 Å². The number of nitrogens with zero attached hydrogens (tertiary/aromatic N) is 1. The van der Waals surface area contributed by atoms with E-state index < -0.39 is 29.1 Å². The predicted molar refractivity (Wildman–Crippen MR) is 151 cm³/mol. The molecule has 3 aromatic rings. The largest absolute Gasteiger partial charge is 0.493 e. The Hall–Kier alpha value is -4.13. The molecule has 0 aromatic heterocycles. The molecule has 1 atom stereocenters. The number of benzene rings is 3. The van der Waals surface area contributed by atoms with E-state index in [1.807, 2.05) is 25.1 Å². The lowest BCUT2D eigenvalue weighted by atomic mass is 9.87. The highest BCUT2D eigenvalue weighted by molar-refractivity contribution is 5.78. The Labute approximate surface area is 255 Å². The molecule has 0 radical (unpaired) electrons. The van der Waals surface area contributed by atoms with Crippen LogP contribution >= 0.6 is 0 Å². The number of halogens is 6. The lowest BCUT2D eigenvalue weighted by Crippen LogP contribution is -2.53. The Bertz CT molecular complexity index is 1500. The Balaban J connectivity index is 1.25. The van der Waals surface area contributed by atoms with Crippen LogP contribution in [0.15, 0.2) is 66.7 Å². The molecule has 1 saturated heterocycles. The van der Waals surface area contributed by atoms with Crippen molar-refractivity contribution < 1.29 is 50.5 Å². The average molecular weight is 639 g/mol. The number of fused-ring (bicyclic) bond motifs is 1. The van der Waals surface area contributed by atoms with Gasteiger partial charge in [0, 0.05) is 25.1 Å². The standard InChI is InChI=1S/C32H32F6N2O5/c1-2-29(23-10-13-26-27(18-23)45-20-44-26)19-40(28(41)39-29)14-6-7-15-43-25-12-11-24(30(42,31(33,34)35)32(36,37)38)17-22(25)16-21-8-4-3-5-9-21/h3-5,8-13,17-18,42H,2,6-7,14-16,19-20H2,1H3,(H,39,41). The summed E-state index contributed by atoms with van der Waals surface area (Å²) in [5.74, 6) is 1.36. The summed E-state index contributed by atoms with van der Waals surface area (Å²) in [6.07, 6.45) is -10.4. The van der Waals surface area contributed by atoms with E-state index in [1.165, 1.54) is 0 Å². The number of urea groups is 1. The third kappa shape index (κ3) is 6.35. The van der Waals surface area contributed by atoms with Crippen LogP contribution in [0.1, 0.15) is 48.4 Å². The molecule has 2 heterocycles. The minimum Gasteiger partial charge on any atom is -0.493 e. The molecular weight excluding hydrogens is 606 g/mol. The molecular formula is C32H32F6N2O5. The third-order valence-corrected chi connectivity index (χ3v) is 8.24. The summed E-state index contributed by atoms with van der Waals surface area (Å²) in [5, 5.41) is 13.0. The van der Waals surface area contributed by atoms with E-state index in [0.29, 0.717) is 61.5 Å². The summed E-state index contributed by atoms with van der Waals surface area (Å²) in [7, 11) is 0. The zero-order valence-electron chi connectivity index (χ0n) is 24.3. The minimum atomic E-state index is -6.00. The maximum atomic E-state index is 13.6. The zero-order valence-corrected chi connectivity index (χ0v) is 24.3.